The molecule has 0 amide bonds. The molecule has 0 saturated carbocycles. The van der Waals surface area contributed by atoms with E-state index in [0.29, 0.717) is 18.1 Å². The van der Waals surface area contributed by atoms with Crippen LogP contribution in [-0.4, -0.2) is 35.9 Å². The van der Waals surface area contributed by atoms with Crippen LogP contribution in [0.5, 0.6) is 0 Å². The van der Waals surface area contributed by atoms with Gasteiger partial charge in [-0.25, -0.2) is 18.4 Å². The fourth-order valence-electron chi connectivity index (χ4n) is 1.74. The highest BCUT2D eigenvalue weighted by atomic mass is 79.9. The lowest BCUT2D eigenvalue weighted by Gasteiger charge is -2.11. The van der Waals surface area contributed by atoms with Crippen molar-refractivity contribution in [2.75, 3.05) is 17.6 Å². The molecule has 0 aliphatic carbocycles. The Morgan fingerprint density at radius 2 is 2.38 bits per heavy atom. The molecular weight excluding hydrogens is 294 g/mol. The number of hydrogen-bond donors (Lipinski definition) is 1. The lowest BCUT2D eigenvalue weighted by atomic mass is 10.2. The van der Waals surface area contributed by atoms with Crippen LogP contribution in [0.25, 0.3) is 0 Å². The quantitative estimate of drug-likeness (QED) is 0.909. The summed E-state index contributed by atoms with van der Waals surface area (Å²) >= 11 is 3.30. The van der Waals surface area contributed by atoms with Gasteiger partial charge in [-0.2, -0.15) is 0 Å². The number of rotatable bonds is 3. The maximum atomic E-state index is 11.6. The topological polar surface area (TPSA) is 72.0 Å². The van der Waals surface area contributed by atoms with E-state index in [9.17, 15) is 8.42 Å². The van der Waals surface area contributed by atoms with Crippen molar-refractivity contribution in [2.45, 2.75) is 18.1 Å². The molecule has 0 radical (unpaired) electrons. The van der Waals surface area contributed by atoms with Crippen molar-refractivity contribution in [3.8, 4) is 0 Å². The Morgan fingerprint density at radius 1 is 1.56 bits per heavy atom. The number of anilines is 1. The first-order valence-electron chi connectivity index (χ1n) is 5.00. The van der Waals surface area contributed by atoms with E-state index in [-0.39, 0.29) is 5.25 Å². The number of aromatic nitrogens is 2. The van der Waals surface area contributed by atoms with Crippen molar-refractivity contribution in [1.82, 2.24) is 9.97 Å². The van der Waals surface area contributed by atoms with Gasteiger partial charge in [0.25, 0.3) is 0 Å². The van der Waals surface area contributed by atoms with Crippen LogP contribution in [0.4, 0.5) is 5.82 Å². The first-order chi connectivity index (χ1) is 7.59. The summed E-state index contributed by atoms with van der Waals surface area (Å²) in [6.07, 6.45) is 4.55. The first-order valence-corrected chi connectivity index (χ1v) is 7.51. The predicted molar refractivity (Wildman–Crippen MR) is 65.0 cm³/mol. The van der Waals surface area contributed by atoms with Gasteiger partial charge in [-0.3, -0.25) is 0 Å². The number of halogens is 1. The minimum atomic E-state index is -2.89. The van der Waals surface area contributed by atoms with Crippen molar-refractivity contribution in [3.63, 3.8) is 0 Å². The molecule has 2 rings (SSSR count). The van der Waals surface area contributed by atoms with Gasteiger partial charge in [0.2, 0.25) is 0 Å². The van der Waals surface area contributed by atoms with Gasteiger partial charge in [0, 0.05) is 12.7 Å². The summed E-state index contributed by atoms with van der Waals surface area (Å²) in [5.41, 5.74) is 0. The second-order valence-corrected chi connectivity index (χ2v) is 6.99. The van der Waals surface area contributed by atoms with Gasteiger partial charge >= 0.3 is 0 Å². The van der Waals surface area contributed by atoms with Gasteiger partial charge in [0.1, 0.15) is 12.1 Å². The molecular formula is C9H12BrN3O2S. The monoisotopic (exact) mass is 305 g/mol. The Kier molecular flexibility index (Phi) is 3.44. The van der Waals surface area contributed by atoms with Gasteiger partial charge in [-0.1, -0.05) is 0 Å². The summed E-state index contributed by atoms with van der Waals surface area (Å²) in [6, 6.07) is 0. The number of sulfone groups is 1. The Balaban J connectivity index is 2.01. The van der Waals surface area contributed by atoms with E-state index in [1.165, 1.54) is 6.33 Å². The van der Waals surface area contributed by atoms with Crippen LogP contribution in [0.2, 0.25) is 0 Å². The lowest BCUT2D eigenvalue weighted by molar-refractivity contribution is 0.591. The van der Waals surface area contributed by atoms with Gasteiger partial charge < -0.3 is 5.32 Å². The highest BCUT2D eigenvalue weighted by Crippen LogP contribution is 2.22. The predicted octanol–water partition coefficient (Wildman–Crippen LogP) is 1.23. The molecule has 1 aliphatic heterocycles. The third-order valence-electron chi connectivity index (χ3n) is 2.63. The van der Waals surface area contributed by atoms with Gasteiger partial charge in [-0.15, -0.1) is 0 Å². The van der Waals surface area contributed by atoms with E-state index in [1.54, 1.807) is 6.20 Å². The largest absolute Gasteiger partial charge is 0.368 e. The number of nitrogens with zero attached hydrogens (tertiary/aromatic N) is 2. The van der Waals surface area contributed by atoms with Crippen LogP contribution in [0, 0.1) is 0 Å². The highest BCUT2D eigenvalue weighted by Gasteiger charge is 2.30. The maximum Gasteiger partial charge on any atom is 0.154 e. The Morgan fingerprint density at radius 3 is 3.00 bits per heavy atom. The Bertz CT molecular complexity index is 477. The molecule has 0 aromatic carbocycles. The van der Waals surface area contributed by atoms with Gasteiger partial charge in [-0.05, 0) is 28.8 Å². The molecule has 1 unspecified atom stereocenters. The standard InChI is InChI=1S/C9H12BrN3O2S/c10-8-5-11-6-13-9(8)12-4-7-2-1-3-16(7,14)15/h5-7H,1-4H2,(H,11,12,13). The van der Waals surface area contributed by atoms with Crippen LogP contribution in [0.15, 0.2) is 17.0 Å². The summed E-state index contributed by atoms with van der Waals surface area (Å²) in [5.74, 6) is 0.946. The number of hydrogen-bond acceptors (Lipinski definition) is 5. The molecule has 0 bridgehead atoms. The second-order valence-electron chi connectivity index (χ2n) is 3.73. The molecule has 1 aromatic rings. The van der Waals surface area contributed by atoms with E-state index >= 15 is 0 Å². The molecule has 16 heavy (non-hydrogen) atoms. The average Bonchev–Trinajstić information content (AvgIpc) is 2.57. The molecule has 0 spiro atoms. The van der Waals surface area contributed by atoms with Gasteiger partial charge in [0.05, 0.1) is 15.5 Å². The summed E-state index contributed by atoms with van der Waals surface area (Å²) < 4.78 is 23.9. The summed E-state index contributed by atoms with van der Waals surface area (Å²) in [7, 11) is -2.89. The van der Waals surface area contributed by atoms with Crippen molar-refractivity contribution in [1.29, 1.82) is 0 Å². The van der Waals surface area contributed by atoms with Crippen molar-refractivity contribution >= 4 is 31.6 Å². The third kappa shape index (κ3) is 2.52. The zero-order valence-electron chi connectivity index (χ0n) is 8.56. The summed E-state index contributed by atoms with van der Waals surface area (Å²) in [6.45, 7) is 0.415. The molecule has 2 heterocycles. The molecule has 1 aromatic heterocycles. The van der Waals surface area contributed by atoms with Crippen LogP contribution in [-0.2, 0) is 9.84 Å². The van der Waals surface area contributed by atoms with Crippen molar-refractivity contribution in [3.05, 3.63) is 17.0 Å². The van der Waals surface area contributed by atoms with E-state index in [2.05, 4.69) is 31.2 Å². The van der Waals surface area contributed by atoms with Crippen LogP contribution in [0.1, 0.15) is 12.8 Å². The first kappa shape index (κ1) is 11.8. The fraction of sp³-hybridized carbons (Fsp3) is 0.556. The summed E-state index contributed by atoms with van der Waals surface area (Å²) in [5, 5.41) is 2.75. The zero-order chi connectivity index (χ0) is 11.6. The van der Waals surface area contributed by atoms with E-state index in [1.807, 2.05) is 0 Å². The Labute approximate surface area is 103 Å². The minimum absolute atomic E-state index is 0.283. The molecule has 5 nitrogen and oxygen atoms in total. The SMILES string of the molecule is O=S1(=O)CCCC1CNc1ncncc1Br. The normalized spacial score (nSPS) is 23.2. The fourth-order valence-corrected chi connectivity index (χ4v) is 3.87. The third-order valence-corrected chi connectivity index (χ3v) is 5.48. The zero-order valence-corrected chi connectivity index (χ0v) is 11.0. The smallest absolute Gasteiger partial charge is 0.154 e. The molecule has 1 aliphatic rings. The van der Waals surface area contributed by atoms with Crippen LogP contribution < -0.4 is 5.32 Å². The Hall–Kier alpha value is -0.690. The van der Waals surface area contributed by atoms with E-state index in [0.717, 1.165) is 17.3 Å². The molecule has 1 N–H and O–H groups in total. The molecule has 88 valence electrons. The van der Waals surface area contributed by atoms with Gasteiger partial charge in [0.15, 0.2) is 9.84 Å². The average molecular weight is 306 g/mol. The molecule has 1 fully saturated rings. The highest BCUT2D eigenvalue weighted by molar-refractivity contribution is 9.10. The lowest BCUT2D eigenvalue weighted by Crippen LogP contribution is -2.25. The maximum absolute atomic E-state index is 11.6. The van der Waals surface area contributed by atoms with Crippen LogP contribution >= 0.6 is 15.9 Å². The summed E-state index contributed by atoms with van der Waals surface area (Å²) in [4.78, 5) is 7.86. The van der Waals surface area contributed by atoms with E-state index < -0.39 is 9.84 Å². The molecule has 7 heteroatoms. The number of nitrogens with one attached hydrogen (secondary N) is 1. The second kappa shape index (κ2) is 4.67. The molecule has 1 atom stereocenters. The van der Waals surface area contributed by atoms with E-state index in [4.69, 9.17) is 0 Å². The van der Waals surface area contributed by atoms with Crippen molar-refractivity contribution in [2.24, 2.45) is 0 Å². The van der Waals surface area contributed by atoms with Crippen LogP contribution in [0.3, 0.4) is 0 Å². The molecule has 1 saturated heterocycles. The minimum Gasteiger partial charge on any atom is -0.368 e. The van der Waals surface area contributed by atoms with Crippen molar-refractivity contribution < 1.29 is 8.42 Å².